The molecule has 0 radical (unpaired) electrons. The van der Waals surface area contributed by atoms with Crippen LogP contribution in [0.4, 0.5) is 4.79 Å². The van der Waals surface area contributed by atoms with Crippen LogP contribution >= 0.6 is 0 Å². The second kappa shape index (κ2) is 7.43. The van der Waals surface area contributed by atoms with Crippen molar-refractivity contribution in [3.8, 4) is 0 Å². The first-order valence-electron chi connectivity index (χ1n) is 6.17. The van der Waals surface area contributed by atoms with Gasteiger partial charge in [-0.15, -0.1) is 0 Å². The third kappa shape index (κ3) is 5.01. The molecule has 19 heavy (non-hydrogen) atoms. The minimum atomic E-state index is -0.467. The van der Waals surface area contributed by atoms with Gasteiger partial charge in [-0.3, -0.25) is 5.32 Å². The largest absolute Gasteiger partial charge is 0.441 e. The average Bonchev–Trinajstić information content (AvgIpc) is 2.39. The van der Waals surface area contributed by atoms with E-state index in [2.05, 4.69) is 16.2 Å². The van der Waals surface area contributed by atoms with Crippen molar-refractivity contribution in [3.63, 3.8) is 0 Å². The predicted octanol–water partition coefficient (Wildman–Crippen LogP) is 2.45. The summed E-state index contributed by atoms with van der Waals surface area (Å²) in [6.07, 6.45) is -0.752. The van der Waals surface area contributed by atoms with Crippen LogP contribution in [0.5, 0.6) is 0 Å². The first kappa shape index (κ1) is 15.0. The Bertz CT molecular complexity index is 443. The van der Waals surface area contributed by atoms with E-state index < -0.39 is 6.09 Å². The molecule has 0 unspecified atom stereocenters. The van der Waals surface area contributed by atoms with E-state index in [1.807, 2.05) is 44.2 Å². The number of alkyl carbamates (subject to hydrolysis) is 1. The highest BCUT2D eigenvalue weighted by Crippen LogP contribution is 2.16. The van der Waals surface area contributed by atoms with Crippen LogP contribution < -0.4 is 16.2 Å². The number of nitrogens with one attached hydrogen (secondary N) is 3. The summed E-state index contributed by atoms with van der Waals surface area (Å²) in [5, 5.41) is 2.68. The Morgan fingerprint density at radius 3 is 2.37 bits per heavy atom. The molecule has 1 aromatic carbocycles. The topological polar surface area (TPSA) is 62.4 Å². The third-order valence-corrected chi connectivity index (χ3v) is 2.72. The summed E-state index contributed by atoms with van der Waals surface area (Å²) in [5.41, 5.74) is 8.18. The number of hydrogen-bond donors (Lipinski definition) is 3. The molecular weight excluding hydrogens is 242 g/mol. The number of benzene rings is 1. The van der Waals surface area contributed by atoms with E-state index in [1.54, 1.807) is 14.0 Å². The summed E-state index contributed by atoms with van der Waals surface area (Å²) < 4.78 is 5.30. The van der Waals surface area contributed by atoms with Crippen molar-refractivity contribution in [1.82, 2.24) is 16.2 Å². The number of carbonyl (C=O) groups is 1. The van der Waals surface area contributed by atoms with E-state index in [9.17, 15) is 4.79 Å². The van der Waals surface area contributed by atoms with E-state index in [-0.39, 0.29) is 6.10 Å². The second-order valence-electron chi connectivity index (χ2n) is 4.21. The number of carbonyl (C=O) groups excluding carboxylic acids is 1. The highest BCUT2D eigenvalue weighted by molar-refractivity contribution is 5.69. The van der Waals surface area contributed by atoms with Crippen LogP contribution in [0.3, 0.4) is 0 Å². The number of allylic oxidation sites excluding steroid dienone is 2. The van der Waals surface area contributed by atoms with Crippen molar-refractivity contribution in [2.45, 2.75) is 26.9 Å². The summed E-state index contributed by atoms with van der Waals surface area (Å²) in [7, 11) is 1.76. The number of hydrazine groups is 1. The molecule has 0 spiro atoms. The van der Waals surface area contributed by atoms with Gasteiger partial charge >= 0.3 is 6.09 Å². The molecule has 0 fully saturated rings. The Hall–Kier alpha value is -2.01. The van der Waals surface area contributed by atoms with Crippen molar-refractivity contribution in [3.05, 3.63) is 47.3 Å². The maximum absolute atomic E-state index is 11.7. The van der Waals surface area contributed by atoms with Gasteiger partial charge in [-0.1, -0.05) is 30.3 Å². The first-order chi connectivity index (χ1) is 9.04. The molecule has 0 saturated heterocycles. The van der Waals surface area contributed by atoms with Crippen LogP contribution in [0.15, 0.2) is 41.7 Å². The number of hydrogen-bond acceptors (Lipinski definition) is 4. The van der Waals surface area contributed by atoms with Crippen LogP contribution in [0.2, 0.25) is 0 Å². The molecule has 3 N–H and O–H groups in total. The quantitative estimate of drug-likeness (QED) is 0.714. The normalized spacial score (nSPS) is 13.3. The summed E-state index contributed by atoms with van der Waals surface area (Å²) in [5.74, 6) is 0. The Kier molecular flexibility index (Phi) is 5.89. The smallest absolute Gasteiger partial charge is 0.412 e. The van der Waals surface area contributed by atoms with Crippen molar-refractivity contribution in [2.75, 3.05) is 7.05 Å². The zero-order valence-corrected chi connectivity index (χ0v) is 11.8. The molecule has 104 valence electrons. The molecule has 0 aromatic heterocycles. The van der Waals surface area contributed by atoms with Gasteiger partial charge in [0.05, 0.1) is 0 Å². The van der Waals surface area contributed by atoms with Crippen molar-refractivity contribution in [2.24, 2.45) is 0 Å². The Labute approximate surface area is 114 Å². The van der Waals surface area contributed by atoms with E-state index in [0.717, 1.165) is 11.3 Å². The monoisotopic (exact) mass is 263 g/mol. The van der Waals surface area contributed by atoms with Crippen LogP contribution in [0.1, 0.15) is 32.4 Å². The summed E-state index contributed by atoms with van der Waals surface area (Å²) in [6, 6.07) is 9.61. The molecule has 0 heterocycles. The van der Waals surface area contributed by atoms with Gasteiger partial charge in [0.1, 0.15) is 6.10 Å². The summed E-state index contributed by atoms with van der Waals surface area (Å²) in [6.45, 7) is 5.49. The fourth-order valence-corrected chi connectivity index (χ4v) is 1.51. The van der Waals surface area contributed by atoms with Crippen molar-refractivity contribution in [1.29, 1.82) is 0 Å². The van der Waals surface area contributed by atoms with Gasteiger partial charge in [0.2, 0.25) is 0 Å². The number of amides is 1. The molecular formula is C14H21N3O2. The second-order valence-corrected chi connectivity index (χ2v) is 4.21. The van der Waals surface area contributed by atoms with Gasteiger partial charge in [-0.25, -0.2) is 10.2 Å². The molecule has 1 aromatic rings. The van der Waals surface area contributed by atoms with Crippen molar-refractivity contribution >= 4 is 6.09 Å². The van der Waals surface area contributed by atoms with Gasteiger partial charge in [0.25, 0.3) is 0 Å². The molecule has 0 saturated carbocycles. The molecule has 5 nitrogen and oxygen atoms in total. The molecule has 0 aliphatic carbocycles. The molecule has 0 aliphatic heterocycles. The Morgan fingerprint density at radius 2 is 1.79 bits per heavy atom. The van der Waals surface area contributed by atoms with Crippen LogP contribution in [-0.2, 0) is 4.74 Å². The SMILES string of the molecule is CNN/C(C)=C(\C)NC(=O)O[C@H](C)c1ccccc1. The van der Waals surface area contributed by atoms with Gasteiger partial charge in [-0.2, -0.15) is 0 Å². The highest BCUT2D eigenvalue weighted by Gasteiger charge is 2.11. The standard InChI is InChI=1S/C14H21N3O2/c1-10(11(2)17-15-4)16-14(18)19-12(3)13-8-6-5-7-9-13/h5-9,12,15,17H,1-4H3,(H,16,18)/b11-10+/t12-/m1/s1. The highest BCUT2D eigenvalue weighted by atomic mass is 16.6. The van der Waals surface area contributed by atoms with E-state index in [0.29, 0.717) is 5.70 Å². The Balaban J connectivity index is 2.54. The molecule has 1 rings (SSSR count). The minimum absolute atomic E-state index is 0.286. The van der Waals surface area contributed by atoms with Crippen LogP contribution in [0.25, 0.3) is 0 Å². The number of ether oxygens (including phenoxy) is 1. The molecule has 1 amide bonds. The fraction of sp³-hybridized carbons (Fsp3) is 0.357. The van der Waals surface area contributed by atoms with Gasteiger partial charge in [0.15, 0.2) is 0 Å². The lowest BCUT2D eigenvalue weighted by atomic mass is 10.1. The van der Waals surface area contributed by atoms with E-state index in [1.165, 1.54) is 0 Å². The molecule has 0 bridgehead atoms. The van der Waals surface area contributed by atoms with Crippen LogP contribution in [-0.4, -0.2) is 13.1 Å². The number of rotatable bonds is 5. The third-order valence-electron chi connectivity index (χ3n) is 2.72. The fourth-order valence-electron chi connectivity index (χ4n) is 1.51. The van der Waals surface area contributed by atoms with E-state index >= 15 is 0 Å². The first-order valence-corrected chi connectivity index (χ1v) is 6.17. The molecule has 5 heteroatoms. The summed E-state index contributed by atoms with van der Waals surface area (Å²) >= 11 is 0. The van der Waals surface area contributed by atoms with Crippen molar-refractivity contribution < 1.29 is 9.53 Å². The van der Waals surface area contributed by atoms with Gasteiger partial charge < -0.3 is 10.2 Å². The average molecular weight is 263 g/mol. The van der Waals surface area contributed by atoms with E-state index in [4.69, 9.17) is 4.74 Å². The zero-order chi connectivity index (χ0) is 14.3. The lowest BCUT2D eigenvalue weighted by Gasteiger charge is -2.15. The maximum atomic E-state index is 11.7. The molecule has 1 atom stereocenters. The Morgan fingerprint density at radius 1 is 1.16 bits per heavy atom. The summed E-state index contributed by atoms with van der Waals surface area (Å²) in [4.78, 5) is 11.7. The lowest BCUT2D eigenvalue weighted by molar-refractivity contribution is 0.109. The van der Waals surface area contributed by atoms with Crippen LogP contribution in [0, 0.1) is 0 Å². The maximum Gasteiger partial charge on any atom is 0.412 e. The van der Waals surface area contributed by atoms with Gasteiger partial charge in [-0.05, 0) is 26.3 Å². The predicted molar refractivity (Wildman–Crippen MR) is 75.0 cm³/mol. The lowest BCUT2D eigenvalue weighted by Crippen LogP contribution is -2.31. The van der Waals surface area contributed by atoms with Gasteiger partial charge in [0, 0.05) is 18.4 Å². The molecule has 0 aliphatic rings. The zero-order valence-electron chi connectivity index (χ0n) is 11.8. The minimum Gasteiger partial charge on any atom is -0.441 e.